The van der Waals surface area contributed by atoms with E-state index in [1.165, 1.54) is 15.6 Å². The minimum Gasteiger partial charge on any atom is -0.473 e. The molecule has 0 aliphatic rings. The quantitative estimate of drug-likeness (QED) is 0.789. The third kappa shape index (κ3) is 6.55. The van der Waals surface area contributed by atoms with Crippen LogP contribution in [0, 0.1) is 0 Å². The average Bonchev–Trinajstić information content (AvgIpc) is 2.72. The molecule has 0 unspecified atom stereocenters. The molecule has 1 aromatic heterocycles. The highest BCUT2D eigenvalue weighted by atomic mass is 19.3. The van der Waals surface area contributed by atoms with Gasteiger partial charge < -0.3 is 14.4 Å². The molecule has 0 saturated heterocycles. The zero-order chi connectivity index (χ0) is 18.5. The van der Waals surface area contributed by atoms with Gasteiger partial charge in [0.1, 0.15) is 11.7 Å². The number of carbonyl (C=O) groups excluding carboxylic acids is 1. The van der Waals surface area contributed by atoms with E-state index in [1.807, 2.05) is 6.92 Å². The Morgan fingerprint density at radius 1 is 1.46 bits per heavy atom. The molecule has 8 heteroatoms. The number of hydrogen-bond acceptors (Lipinski definition) is 4. The number of halogens is 2. The molecule has 6 nitrogen and oxygen atoms in total. The first-order chi connectivity index (χ1) is 11.0. The van der Waals surface area contributed by atoms with Crippen molar-refractivity contribution in [2.45, 2.75) is 46.3 Å². The number of likely N-dealkylation sites (N-methyl/N-ethyl adjacent to an activating group) is 1. The molecule has 24 heavy (non-hydrogen) atoms. The van der Waals surface area contributed by atoms with E-state index >= 15 is 0 Å². The van der Waals surface area contributed by atoms with Crippen molar-refractivity contribution in [3.05, 3.63) is 17.8 Å². The van der Waals surface area contributed by atoms with E-state index in [4.69, 9.17) is 9.47 Å². The Morgan fingerprint density at radius 3 is 2.58 bits per heavy atom. The van der Waals surface area contributed by atoms with Gasteiger partial charge in [0.15, 0.2) is 0 Å². The van der Waals surface area contributed by atoms with Crippen molar-refractivity contribution >= 4 is 12.2 Å². The number of ether oxygens (including phenoxy) is 2. The highest BCUT2D eigenvalue weighted by Crippen LogP contribution is 2.17. The summed E-state index contributed by atoms with van der Waals surface area (Å²) in [5.41, 5.74) is -0.465. The molecular formula is C16H25F2N3O3. The fourth-order valence-electron chi connectivity index (χ4n) is 1.98. The molecule has 0 saturated carbocycles. The Hall–Kier alpha value is -2.12. The van der Waals surface area contributed by atoms with Gasteiger partial charge in [-0.05, 0) is 34.6 Å². The van der Waals surface area contributed by atoms with Crippen LogP contribution in [0.15, 0.2) is 12.1 Å². The van der Waals surface area contributed by atoms with Crippen LogP contribution in [-0.2, 0) is 11.8 Å². The van der Waals surface area contributed by atoms with Crippen LogP contribution in [0.25, 0.3) is 6.08 Å². The van der Waals surface area contributed by atoms with Gasteiger partial charge in [0.25, 0.3) is 6.08 Å². The van der Waals surface area contributed by atoms with Crippen molar-refractivity contribution < 1.29 is 23.0 Å². The van der Waals surface area contributed by atoms with Crippen molar-refractivity contribution in [1.29, 1.82) is 0 Å². The van der Waals surface area contributed by atoms with Crippen LogP contribution in [-0.4, -0.2) is 45.6 Å². The summed E-state index contributed by atoms with van der Waals surface area (Å²) >= 11 is 0. The molecule has 1 atom stereocenters. The maximum atomic E-state index is 12.3. The monoisotopic (exact) mass is 345 g/mol. The van der Waals surface area contributed by atoms with E-state index in [0.717, 1.165) is 0 Å². The normalized spacial score (nSPS) is 12.5. The van der Waals surface area contributed by atoms with E-state index in [9.17, 15) is 13.6 Å². The molecule has 1 rings (SSSR count). The molecule has 0 radical (unpaired) electrons. The van der Waals surface area contributed by atoms with Crippen LogP contribution in [0.4, 0.5) is 13.6 Å². The van der Waals surface area contributed by atoms with Gasteiger partial charge in [0.2, 0.25) is 5.88 Å². The second-order valence-corrected chi connectivity index (χ2v) is 6.41. The molecule has 0 aliphatic carbocycles. The first-order valence-electron chi connectivity index (χ1n) is 7.73. The lowest BCUT2D eigenvalue weighted by Gasteiger charge is -2.28. The molecule has 0 spiro atoms. The lowest BCUT2D eigenvalue weighted by Crippen LogP contribution is -2.41. The number of nitrogens with zero attached hydrogens (tertiary/aromatic N) is 3. The summed E-state index contributed by atoms with van der Waals surface area (Å²) < 4.78 is 37.0. The number of hydrogen-bond donors (Lipinski definition) is 0. The maximum Gasteiger partial charge on any atom is 0.410 e. The smallest absolute Gasteiger partial charge is 0.410 e. The summed E-state index contributed by atoms with van der Waals surface area (Å²) in [5, 5.41) is 3.92. The molecule has 0 aromatic carbocycles. The van der Waals surface area contributed by atoms with Gasteiger partial charge >= 0.3 is 6.09 Å². The summed E-state index contributed by atoms with van der Waals surface area (Å²) in [6.07, 6.45) is -1.94. The van der Waals surface area contributed by atoms with Crippen LogP contribution in [0.2, 0.25) is 0 Å². The molecular weight excluding hydrogens is 320 g/mol. The Morgan fingerprint density at radius 2 is 2.08 bits per heavy atom. The molecule has 0 fully saturated rings. The Balaban J connectivity index is 2.70. The first-order valence-corrected chi connectivity index (χ1v) is 7.73. The van der Waals surface area contributed by atoms with Crippen molar-refractivity contribution in [3.8, 4) is 5.88 Å². The summed E-state index contributed by atoms with van der Waals surface area (Å²) in [6, 6.07) is 1.42. The van der Waals surface area contributed by atoms with Gasteiger partial charge in [0, 0.05) is 25.7 Å². The zero-order valence-corrected chi connectivity index (χ0v) is 15.0. The summed E-state index contributed by atoms with van der Waals surface area (Å²) in [6.45, 7) is 9.79. The molecule has 0 bridgehead atoms. The van der Waals surface area contributed by atoms with Gasteiger partial charge in [0.05, 0.1) is 12.2 Å². The highest BCUT2D eigenvalue weighted by molar-refractivity contribution is 5.68. The van der Waals surface area contributed by atoms with Crippen LogP contribution < -0.4 is 4.74 Å². The number of aromatic nitrogens is 2. The van der Waals surface area contributed by atoms with E-state index in [-0.39, 0.29) is 11.8 Å². The van der Waals surface area contributed by atoms with E-state index < -0.39 is 17.8 Å². The van der Waals surface area contributed by atoms with E-state index in [0.29, 0.717) is 25.0 Å². The van der Waals surface area contributed by atoms with Crippen molar-refractivity contribution in [3.63, 3.8) is 0 Å². The van der Waals surface area contributed by atoms with Crippen molar-refractivity contribution in [2.24, 2.45) is 7.05 Å². The van der Waals surface area contributed by atoms with Crippen LogP contribution >= 0.6 is 0 Å². The van der Waals surface area contributed by atoms with Gasteiger partial charge in [-0.3, -0.25) is 0 Å². The lowest BCUT2D eigenvalue weighted by atomic mass is 10.2. The topological polar surface area (TPSA) is 56.6 Å². The van der Waals surface area contributed by atoms with Crippen LogP contribution in [0.1, 0.15) is 40.3 Å². The predicted molar refractivity (Wildman–Crippen MR) is 87.0 cm³/mol. The minimum atomic E-state index is -1.82. The van der Waals surface area contributed by atoms with Crippen molar-refractivity contribution in [2.75, 3.05) is 13.1 Å². The molecule has 1 amide bonds. The third-order valence-corrected chi connectivity index (χ3v) is 2.95. The SMILES string of the molecule is CCN(C[C@H](C)Oc1cc(C=C(F)F)nn1C)C(=O)OC(C)(C)C. The van der Waals surface area contributed by atoms with Crippen LogP contribution in [0.3, 0.4) is 0 Å². The third-order valence-electron chi connectivity index (χ3n) is 2.95. The molecule has 0 N–H and O–H groups in total. The minimum absolute atomic E-state index is 0.110. The highest BCUT2D eigenvalue weighted by Gasteiger charge is 2.23. The van der Waals surface area contributed by atoms with Gasteiger partial charge in [-0.2, -0.15) is 13.9 Å². The predicted octanol–water partition coefficient (Wildman–Crippen LogP) is 3.68. The number of aryl methyl sites for hydroxylation is 1. The van der Waals surface area contributed by atoms with Gasteiger partial charge in [-0.15, -0.1) is 0 Å². The summed E-state index contributed by atoms with van der Waals surface area (Å²) in [7, 11) is 1.60. The average molecular weight is 345 g/mol. The van der Waals surface area contributed by atoms with Gasteiger partial charge in [-0.25, -0.2) is 9.48 Å². The van der Waals surface area contributed by atoms with Crippen molar-refractivity contribution in [1.82, 2.24) is 14.7 Å². The lowest BCUT2D eigenvalue weighted by molar-refractivity contribution is 0.0187. The summed E-state index contributed by atoms with van der Waals surface area (Å²) in [5.74, 6) is 0.343. The fraction of sp³-hybridized carbons (Fsp3) is 0.625. The Kier molecular flexibility index (Phi) is 6.74. The largest absolute Gasteiger partial charge is 0.473 e. The van der Waals surface area contributed by atoms with E-state index in [1.54, 1.807) is 34.7 Å². The number of rotatable bonds is 6. The van der Waals surface area contributed by atoms with Gasteiger partial charge in [-0.1, -0.05) is 0 Å². The molecule has 1 aromatic rings. The maximum absolute atomic E-state index is 12.3. The summed E-state index contributed by atoms with van der Waals surface area (Å²) in [4.78, 5) is 13.6. The molecule has 0 aliphatic heterocycles. The Labute approximate surface area is 141 Å². The standard InChI is InChI=1S/C16H25F2N3O3/c1-7-21(15(22)24-16(3,4)5)10-11(2)23-14-9-12(8-13(17)18)19-20(14)6/h8-9,11H,7,10H2,1-6H3/t11-/m0/s1. The van der Waals surface area contributed by atoms with Crippen LogP contribution in [0.5, 0.6) is 5.88 Å². The Bertz CT molecular complexity index is 590. The second-order valence-electron chi connectivity index (χ2n) is 6.41. The zero-order valence-electron chi connectivity index (χ0n) is 15.0. The molecule has 136 valence electrons. The number of carbonyl (C=O) groups is 1. The van der Waals surface area contributed by atoms with E-state index in [2.05, 4.69) is 5.10 Å². The fourth-order valence-corrected chi connectivity index (χ4v) is 1.98. The molecule has 1 heterocycles. The number of amides is 1. The first kappa shape index (κ1) is 19.9. The second kappa shape index (κ2) is 8.12.